The van der Waals surface area contributed by atoms with Crippen molar-refractivity contribution in [1.82, 2.24) is 0 Å². The zero-order chi connectivity index (χ0) is 12.4. The molecule has 2 heteroatoms. The fourth-order valence-electron chi connectivity index (χ4n) is 2.37. The van der Waals surface area contributed by atoms with Gasteiger partial charge in [0.05, 0.1) is 0 Å². The highest BCUT2D eigenvalue weighted by atomic mass is 79.9. The van der Waals surface area contributed by atoms with Crippen molar-refractivity contribution in [3.8, 4) is 0 Å². The summed E-state index contributed by atoms with van der Waals surface area (Å²) in [4.78, 5) is 4.70. The third kappa shape index (κ3) is 2.39. The number of halogens is 1. The largest absolute Gasteiger partial charge is 0.288 e. The predicted molar refractivity (Wildman–Crippen MR) is 79.4 cm³/mol. The molecule has 2 aromatic rings. The van der Waals surface area contributed by atoms with Crippen LogP contribution in [0.3, 0.4) is 0 Å². The molecular formula is C16H14BrN. The van der Waals surface area contributed by atoms with Crippen molar-refractivity contribution < 1.29 is 0 Å². The molecule has 0 bridgehead atoms. The van der Waals surface area contributed by atoms with E-state index < -0.39 is 0 Å². The van der Waals surface area contributed by atoms with Gasteiger partial charge in [-0.05, 0) is 29.7 Å². The maximum Gasteiger partial charge on any atom is 0.0467 e. The molecule has 1 heterocycles. The van der Waals surface area contributed by atoms with Gasteiger partial charge < -0.3 is 0 Å². The van der Waals surface area contributed by atoms with E-state index in [1.54, 1.807) is 0 Å². The second kappa shape index (κ2) is 5.07. The smallest absolute Gasteiger partial charge is 0.0467 e. The lowest BCUT2D eigenvalue weighted by atomic mass is 9.94. The Morgan fingerprint density at radius 3 is 2.72 bits per heavy atom. The minimum Gasteiger partial charge on any atom is -0.288 e. The van der Waals surface area contributed by atoms with Crippen LogP contribution < -0.4 is 0 Å². The second-order valence-electron chi connectivity index (χ2n) is 4.54. The van der Waals surface area contributed by atoms with Gasteiger partial charge in [-0.3, -0.25) is 4.99 Å². The Balaban J connectivity index is 1.95. The summed E-state index contributed by atoms with van der Waals surface area (Å²) in [6, 6.07) is 17.1. The van der Waals surface area contributed by atoms with Crippen molar-refractivity contribution in [2.45, 2.75) is 12.8 Å². The minimum absolute atomic E-state index is 0.913. The van der Waals surface area contributed by atoms with Crippen molar-refractivity contribution in [2.24, 2.45) is 4.99 Å². The molecule has 3 rings (SSSR count). The first kappa shape index (κ1) is 11.7. The molecule has 0 fully saturated rings. The third-order valence-electron chi connectivity index (χ3n) is 3.28. The van der Waals surface area contributed by atoms with Crippen LogP contribution in [0.4, 0.5) is 0 Å². The summed E-state index contributed by atoms with van der Waals surface area (Å²) < 4.78 is 1.13. The van der Waals surface area contributed by atoms with Crippen molar-refractivity contribution in [2.75, 3.05) is 6.54 Å². The molecule has 0 N–H and O–H groups in total. The van der Waals surface area contributed by atoms with Gasteiger partial charge in [0.25, 0.3) is 0 Å². The third-order valence-corrected chi connectivity index (χ3v) is 3.77. The molecule has 2 aromatic carbocycles. The predicted octanol–water partition coefficient (Wildman–Crippen LogP) is 4.04. The van der Waals surface area contributed by atoms with Crippen LogP contribution in [0.25, 0.3) is 0 Å². The Morgan fingerprint density at radius 2 is 1.89 bits per heavy atom. The van der Waals surface area contributed by atoms with Gasteiger partial charge >= 0.3 is 0 Å². The molecule has 0 aromatic heterocycles. The number of aliphatic imine (C=N–C) groups is 1. The normalized spacial score (nSPS) is 13.9. The van der Waals surface area contributed by atoms with Crippen molar-refractivity contribution >= 4 is 21.6 Å². The summed E-state index contributed by atoms with van der Waals surface area (Å²) in [7, 11) is 0. The molecule has 1 aliphatic rings. The van der Waals surface area contributed by atoms with Crippen LogP contribution >= 0.6 is 15.9 Å². The molecule has 0 aliphatic carbocycles. The molecule has 0 unspecified atom stereocenters. The molecule has 18 heavy (non-hydrogen) atoms. The molecule has 0 amide bonds. The first-order valence-corrected chi connectivity index (χ1v) is 6.98. The molecule has 90 valence electrons. The van der Waals surface area contributed by atoms with Gasteiger partial charge in [-0.1, -0.05) is 52.3 Å². The average Bonchev–Trinajstić information content (AvgIpc) is 2.41. The van der Waals surface area contributed by atoms with Crippen LogP contribution in [0.1, 0.15) is 16.7 Å². The Labute approximate surface area is 116 Å². The Bertz CT molecular complexity index is 587. The standard InChI is InChI=1S/C16H14BrN/c17-14-7-6-13-8-9-18-16(15(13)11-14)10-12-4-2-1-3-5-12/h1-7,11H,8-10H2. The first-order chi connectivity index (χ1) is 8.83. The maximum atomic E-state index is 4.70. The van der Waals surface area contributed by atoms with E-state index in [0.29, 0.717) is 0 Å². The van der Waals surface area contributed by atoms with Crippen LogP contribution in [0.2, 0.25) is 0 Å². The van der Waals surface area contributed by atoms with E-state index in [-0.39, 0.29) is 0 Å². The van der Waals surface area contributed by atoms with E-state index in [9.17, 15) is 0 Å². The Kier molecular flexibility index (Phi) is 3.28. The number of hydrogen-bond donors (Lipinski definition) is 0. The number of benzene rings is 2. The number of nitrogens with zero attached hydrogens (tertiary/aromatic N) is 1. The van der Waals surface area contributed by atoms with Crippen LogP contribution in [0.15, 0.2) is 58.0 Å². The highest BCUT2D eigenvalue weighted by Gasteiger charge is 2.14. The maximum absolute atomic E-state index is 4.70. The van der Waals surface area contributed by atoms with E-state index >= 15 is 0 Å². The first-order valence-electron chi connectivity index (χ1n) is 6.19. The van der Waals surface area contributed by atoms with E-state index in [2.05, 4.69) is 64.5 Å². The van der Waals surface area contributed by atoms with Crippen molar-refractivity contribution in [3.63, 3.8) is 0 Å². The fraction of sp³-hybridized carbons (Fsp3) is 0.188. The second-order valence-corrected chi connectivity index (χ2v) is 5.46. The van der Waals surface area contributed by atoms with E-state index in [1.807, 2.05) is 0 Å². The molecular weight excluding hydrogens is 286 g/mol. The topological polar surface area (TPSA) is 12.4 Å². The van der Waals surface area contributed by atoms with Crippen molar-refractivity contribution in [3.05, 3.63) is 69.7 Å². The molecule has 0 saturated heterocycles. The zero-order valence-electron chi connectivity index (χ0n) is 10.1. The lowest BCUT2D eigenvalue weighted by molar-refractivity contribution is 0.933. The van der Waals surface area contributed by atoms with Crippen LogP contribution in [-0.2, 0) is 12.8 Å². The van der Waals surface area contributed by atoms with E-state index in [0.717, 1.165) is 23.9 Å². The van der Waals surface area contributed by atoms with Crippen LogP contribution in [0.5, 0.6) is 0 Å². The van der Waals surface area contributed by atoms with Gasteiger partial charge in [0, 0.05) is 28.7 Å². The quantitative estimate of drug-likeness (QED) is 0.794. The number of rotatable bonds is 2. The van der Waals surface area contributed by atoms with Crippen LogP contribution in [-0.4, -0.2) is 12.3 Å². The SMILES string of the molecule is Brc1ccc2c(c1)C(Cc1ccccc1)=NCC2. The van der Waals surface area contributed by atoms with Crippen LogP contribution in [0, 0.1) is 0 Å². The minimum atomic E-state index is 0.913. The summed E-state index contributed by atoms with van der Waals surface area (Å²) in [5, 5.41) is 0. The summed E-state index contributed by atoms with van der Waals surface area (Å²) in [5.74, 6) is 0. The van der Waals surface area contributed by atoms with E-state index in [1.165, 1.54) is 22.4 Å². The number of hydrogen-bond acceptors (Lipinski definition) is 1. The van der Waals surface area contributed by atoms with Gasteiger partial charge in [0.15, 0.2) is 0 Å². The molecule has 0 saturated carbocycles. The lowest BCUT2D eigenvalue weighted by Gasteiger charge is -2.17. The molecule has 0 spiro atoms. The van der Waals surface area contributed by atoms with Gasteiger partial charge in [-0.25, -0.2) is 0 Å². The van der Waals surface area contributed by atoms with Gasteiger partial charge in [0.1, 0.15) is 0 Å². The molecule has 1 nitrogen and oxygen atoms in total. The Hall–Kier alpha value is -1.41. The molecule has 1 aliphatic heterocycles. The summed E-state index contributed by atoms with van der Waals surface area (Å²) in [6.07, 6.45) is 1.98. The summed E-state index contributed by atoms with van der Waals surface area (Å²) >= 11 is 3.55. The summed E-state index contributed by atoms with van der Waals surface area (Å²) in [5.41, 5.74) is 5.26. The van der Waals surface area contributed by atoms with Gasteiger partial charge in [-0.15, -0.1) is 0 Å². The van der Waals surface area contributed by atoms with Gasteiger partial charge in [-0.2, -0.15) is 0 Å². The molecule has 0 atom stereocenters. The zero-order valence-corrected chi connectivity index (χ0v) is 11.7. The fourth-order valence-corrected chi connectivity index (χ4v) is 2.73. The van der Waals surface area contributed by atoms with Crippen molar-refractivity contribution in [1.29, 1.82) is 0 Å². The highest BCUT2D eigenvalue weighted by molar-refractivity contribution is 9.10. The highest BCUT2D eigenvalue weighted by Crippen LogP contribution is 2.22. The Morgan fingerprint density at radius 1 is 1.06 bits per heavy atom. The summed E-state index contributed by atoms with van der Waals surface area (Å²) in [6.45, 7) is 0.913. The average molecular weight is 300 g/mol. The number of fused-ring (bicyclic) bond motifs is 1. The van der Waals surface area contributed by atoms with E-state index in [4.69, 9.17) is 4.99 Å². The lowest BCUT2D eigenvalue weighted by Crippen LogP contribution is -2.15. The monoisotopic (exact) mass is 299 g/mol. The van der Waals surface area contributed by atoms with Gasteiger partial charge in [0.2, 0.25) is 0 Å². The molecule has 0 radical (unpaired) electrons.